The van der Waals surface area contributed by atoms with E-state index in [0.29, 0.717) is 22.4 Å². The number of hydrogen-bond donors (Lipinski definition) is 0. The third kappa shape index (κ3) is 3.84. The predicted molar refractivity (Wildman–Crippen MR) is 91.9 cm³/mol. The van der Waals surface area contributed by atoms with Gasteiger partial charge in [0.15, 0.2) is 5.78 Å². The number of ketones is 1. The fourth-order valence-corrected chi connectivity index (χ4v) is 2.27. The van der Waals surface area contributed by atoms with Gasteiger partial charge in [0.05, 0.1) is 10.6 Å². The highest BCUT2D eigenvalue weighted by atomic mass is 19.1. The number of nitro groups is 1. The van der Waals surface area contributed by atoms with E-state index in [1.165, 1.54) is 36.4 Å². The minimum atomic E-state index is -0.460. The monoisotopic (exact) mass is 328 g/mol. The Hall–Kier alpha value is -3.02. The maximum atomic E-state index is 13.4. The lowest BCUT2D eigenvalue weighted by Gasteiger charge is -2.15. The summed E-state index contributed by atoms with van der Waals surface area (Å²) >= 11 is 0. The molecule has 24 heavy (non-hydrogen) atoms. The van der Waals surface area contributed by atoms with Gasteiger partial charge in [-0.3, -0.25) is 14.9 Å². The van der Waals surface area contributed by atoms with Crippen LogP contribution < -0.4 is 4.90 Å². The molecular formula is C18H17FN2O3. The molecule has 5 nitrogen and oxygen atoms in total. The quantitative estimate of drug-likeness (QED) is 0.360. The molecule has 0 aliphatic carbocycles. The van der Waals surface area contributed by atoms with Gasteiger partial charge in [-0.25, -0.2) is 4.39 Å². The average Bonchev–Trinajstić information content (AvgIpc) is 2.53. The summed E-state index contributed by atoms with van der Waals surface area (Å²) < 4.78 is 13.4. The van der Waals surface area contributed by atoms with Gasteiger partial charge < -0.3 is 4.90 Å². The van der Waals surface area contributed by atoms with E-state index in [-0.39, 0.29) is 11.5 Å². The Bertz CT molecular complexity index is 829. The molecule has 0 aliphatic rings. The van der Waals surface area contributed by atoms with E-state index < -0.39 is 10.7 Å². The van der Waals surface area contributed by atoms with Crippen LogP contribution in [0.5, 0.6) is 0 Å². The second-order valence-corrected chi connectivity index (χ2v) is 5.56. The third-order valence-electron chi connectivity index (χ3n) is 3.56. The number of nitro benzene ring substituents is 1. The van der Waals surface area contributed by atoms with Crippen LogP contribution in [0.2, 0.25) is 0 Å². The van der Waals surface area contributed by atoms with E-state index in [2.05, 4.69) is 0 Å². The van der Waals surface area contributed by atoms with Crippen molar-refractivity contribution in [2.24, 2.45) is 0 Å². The molecule has 2 rings (SSSR count). The topological polar surface area (TPSA) is 63.5 Å². The summed E-state index contributed by atoms with van der Waals surface area (Å²) in [7, 11) is 3.44. The number of carbonyl (C=O) groups excluding carboxylic acids is 1. The first kappa shape index (κ1) is 17.3. The van der Waals surface area contributed by atoms with Crippen LogP contribution in [0.3, 0.4) is 0 Å². The van der Waals surface area contributed by atoms with E-state index in [4.69, 9.17) is 0 Å². The molecule has 0 radical (unpaired) electrons. The normalized spacial score (nSPS) is 10.8. The zero-order valence-electron chi connectivity index (χ0n) is 13.6. The van der Waals surface area contributed by atoms with E-state index >= 15 is 0 Å². The molecule has 2 aromatic rings. The fourth-order valence-electron chi connectivity index (χ4n) is 2.27. The molecule has 0 amide bonds. The number of hydrogen-bond acceptors (Lipinski definition) is 4. The summed E-state index contributed by atoms with van der Waals surface area (Å²) in [4.78, 5) is 24.5. The zero-order valence-corrected chi connectivity index (χ0v) is 13.6. The average molecular weight is 328 g/mol. The van der Waals surface area contributed by atoms with Crippen molar-refractivity contribution in [1.82, 2.24) is 0 Å². The third-order valence-corrected chi connectivity index (χ3v) is 3.56. The Morgan fingerprint density at radius 3 is 2.54 bits per heavy atom. The summed E-state index contributed by atoms with van der Waals surface area (Å²) in [6.07, 6.45) is 2.84. The van der Waals surface area contributed by atoms with Crippen LogP contribution in [0, 0.1) is 22.9 Å². The molecule has 0 atom stereocenters. The molecule has 0 heterocycles. The van der Waals surface area contributed by atoms with Crippen molar-refractivity contribution >= 4 is 23.2 Å². The minimum absolute atomic E-state index is 0.000335. The van der Waals surface area contributed by atoms with Crippen molar-refractivity contribution in [3.8, 4) is 0 Å². The molecule has 124 valence electrons. The van der Waals surface area contributed by atoms with Crippen molar-refractivity contribution in [3.63, 3.8) is 0 Å². The first-order valence-electron chi connectivity index (χ1n) is 7.24. The molecule has 0 unspecified atom stereocenters. The van der Waals surface area contributed by atoms with Gasteiger partial charge >= 0.3 is 0 Å². The standard InChI is InChI=1S/C18H17FN2O3/c1-12-4-5-13(10-16(12)21(23)24)6-9-18(22)15-8-7-14(19)11-17(15)20(2)3/h4-11H,1-3H3. The predicted octanol–water partition coefficient (Wildman–Crippen LogP) is 4.00. The SMILES string of the molecule is Cc1ccc(C=CC(=O)c2ccc(F)cc2N(C)C)cc1[N+](=O)[O-]. The van der Waals surface area contributed by atoms with Crippen LogP contribution >= 0.6 is 0 Å². The molecule has 0 aliphatic heterocycles. The van der Waals surface area contributed by atoms with Gasteiger partial charge in [-0.05, 0) is 36.8 Å². The van der Waals surface area contributed by atoms with Gasteiger partial charge in [0, 0.05) is 31.3 Å². The highest BCUT2D eigenvalue weighted by molar-refractivity contribution is 6.10. The molecule has 6 heteroatoms. The molecule has 0 bridgehead atoms. The van der Waals surface area contributed by atoms with E-state index in [1.54, 1.807) is 38.1 Å². The van der Waals surface area contributed by atoms with Gasteiger partial charge in [0.25, 0.3) is 5.69 Å². The van der Waals surface area contributed by atoms with E-state index in [1.807, 2.05) is 0 Å². The second-order valence-electron chi connectivity index (χ2n) is 5.56. The lowest BCUT2D eigenvalue weighted by atomic mass is 10.1. The van der Waals surface area contributed by atoms with Gasteiger partial charge in [-0.15, -0.1) is 0 Å². The van der Waals surface area contributed by atoms with Crippen LogP contribution in [0.15, 0.2) is 42.5 Å². The number of rotatable bonds is 5. The molecule has 0 N–H and O–H groups in total. The molecule has 0 spiro atoms. The fraction of sp³-hybridized carbons (Fsp3) is 0.167. The lowest BCUT2D eigenvalue weighted by Crippen LogP contribution is -2.13. The van der Waals surface area contributed by atoms with Gasteiger partial charge in [-0.1, -0.05) is 18.2 Å². The number of anilines is 1. The molecule has 0 saturated carbocycles. The second kappa shape index (κ2) is 7.04. The van der Waals surface area contributed by atoms with E-state index in [9.17, 15) is 19.3 Å². The van der Waals surface area contributed by atoms with Crippen molar-refractivity contribution in [1.29, 1.82) is 0 Å². The molecule has 0 saturated heterocycles. The Morgan fingerprint density at radius 2 is 1.92 bits per heavy atom. The Morgan fingerprint density at radius 1 is 1.21 bits per heavy atom. The van der Waals surface area contributed by atoms with Crippen molar-refractivity contribution in [2.45, 2.75) is 6.92 Å². The highest BCUT2D eigenvalue weighted by Crippen LogP contribution is 2.23. The Balaban J connectivity index is 2.32. The number of halogens is 1. The maximum absolute atomic E-state index is 13.4. The summed E-state index contributed by atoms with van der Waals surface area (Å²) in [5, 5.41) is 11.0. The van der Waals surface area contributed by atoms with Crippen LogP contribution in [-0.2, 0) is 0 Å². The van der Waals surface area contributed by atoms with E-state index in [0.717, 1.165) is 0 Å². The molecule has 0 aromatic heterocycles. The number of carbonyl (C=O) groups is 1. The summed E-state index contributed by atoms with van der Waals surface area (Å²) in [5.41, 5.74) is 1.94. The summed E-state index contributed by atoms with van der Waals surface area (Å²) in [6, 6.07) is 8.68. The lowest BCUT2D eigenvalue weighted by molar-refractivity contribution is -0.385. The molecule has 2 aromatic carbocycles. The largest absolute Gasteiger partial charge is 0.377 e. The molecule has 0 fully saturated rings. The Labute approximate surface area is 139 Å². The zero-order chi connectivity index (χ0) is 17.9. The number of nitrogens with zero attached hydrogens (tertiary/aromatic N) is 2. The van der Waals surface area contributed by atoms with Crippen molar-refractivity contribution in [3.05, 3.63) is 75.1 Å². The smallest absolute Gasteiger partial charge is 0.272 e. The van der Waals surface area contributed by atoms with Crippen molar-refractivity contribution < 1.29 is 14.1 Å². The van der Waals surface area contributed by atoms with Crippen LogP contribution in [0.1, 0.15) is 21.5 Å². The highest BCUT2D eigenvalue weighted by Gasteiger charge is 2.13. The first-order chi connectivity index (χ1) is 11.3. The molecular weight excluding hydrogens is 311 g/mol. The number of benzene rings is 2. The number of aryl methyl sites for hydroxylation is 1. The van der Waals surface area contributed by atoms with Gasteiger partial charge in [0.1, 0.15) is 5.82 Å². The van der Waals surface area contributed by atoms with Gasteiger partial charge in [0.2, 0.25) is 0 Å². The van der Waals surface area contributed by atoms with Gasteiger partial charge in [-0.2, -0.15) is 0 Å². The minimum Gasteiger partial charge on any atom is -0.377 e. The first-order valence-corrected chi connectivity index (χ1v) is 7.24. The van der Waals surface area contributed by atoms with Crippen LogP contribution in [0.4, 0.5) is 15.8 Å². The Kier molecular flexibility index (Phi) is 5.08. The van der Waals surface area contributed by atoms with Crippen molar-refractivity contribution in [2.75, 3.05) is 19.0 Å². The van der Waals surface area contributed by atoms with Crippen LogP contribution in [0.25, 0.3) is 6.08 Å². The number of allylic oxidation sites excluding steroid dienone is 1. The van der Waals surface area contributed by atoms with Crippen LogP contribution in [-0.4, -0.2) is 24.8 Å². The maximum Gasteiger partial charge on any atom is 0.272 e. The summed E-state index contributed by atoms with van der Waals surface area (Å²) in [5.74, 6) is -0.727. The summed E-state index contributed by atoms with van der Waals surface area (Å²) in [6.45, 7) is 1.65.